The van der Waals surface area contributed by atoms with Gasteiger partial charge in [-0.15, -0.1) is 0 Å². The zero-order chi connectivity index (χ0) is 21.5. The van der Waals surface area contributed by atoms with Crippen LogP contribution in [0, 0.1) is 10.1 Å². The fourth-order valence-electron chi connectivity index (χ4n) is 3.00. The third kappa shape index (κ3) is 5.77. The summed E-state index contributed by atoms with van der Waals surface area (Å²) in [5.74, 6) is -0.312. The van der Waals surface area contributed by atoms with E-state index in [0.29, 0.717) is 23.5 Å². The number of carbonyl (C=O) groups excluding carboxylic acids is 2. The molecule has 0 aliphatic carbocycles. The minimum absolute atomic E-state index is 0.0502. The summed E-state index contributed by atoms with van der Waals surface area (Å²) in [5, 5.41) is 16.2. The van der Waals surface area contributed by atoms with Crippen molar-refractivity contribution in [2.24, 2.45) is 0 Å². The van der Waals surface area contributed by atoms with E-state index in [1.54, 1.807) is 31.2 Å². The highest BCUT2D eigenvalue weighted by Gasteiger charge is 2.18. The van der Waals surface area contributed by atoms with Crippen molar-refractivity contribution in [3.63, 3.8) is 0 Å². The van der Waals surface area contributed by atoms with Crippen molar-refractivity contribution in [2.75, 3.05) is 18.5 Å². The lowest BCUT2D eigenvalue weighted by Gasteiger charge is -2.15. The summed E-state index contributed by atoms with van der Waals surface area (Å²) in [7, 11) is 0. The van der Waals surface area contributed by atoms with Crippen LogP contribution in [-0.2, 0) is 9.53 Å². The molecule has 0 aromatic heterocycles. The van der Waals surface area contributed by atoms with Crippen molar-refractivity contribution in [2.45, 2.75) is 32.0 Å². The predicted octanol–water partition coefficient (Wildman–Crippen LogP) is 2.91. The highest BCUT2D eigenvalue weighted by Crippen LogP contribution is 2.19. The Labute approximate surface area is 173 Å². The molecule has 0 saturated carbocycles. The van der Waals surface area contributed by atoms with E-state index in [1.807, 2.05) is 0 Å². The maximum absolute atomic E-state index is 12.4. The molecule has 2 aromatic rings. The van der Waals surface area contributed by atoms with Crippen LogP contribution < -0.4 is 15.4 Å². The first kappa shape index (κ1) is 21.3. The molecule has 9 heteroatoms. The molecule has 158 valence electrons. The molecule has 2 aromatic carbocycles. The standard InChI is InChI=1S/C21H23N3O6/c1-14(30-18-9-7-17(8-10-18)24(27)28)20(25)23-16-5-2-4-15(12-16)21(26)22-13-19-6-3-11-29-19/h2,4-5,7-10,12,14,19H,3,6,11,13H2,1H3,(H,22,26)(H,23,25). The molecule has 2 atom stereocenters. The molecule has 1 fully saturated rings. The van der Waals surface area contributed by atoms with Gasteiger partial charge in [-0.3, -0.25) is 19.7 Å². The molecule has 0 bridgehead atoms. The van der Waals surface area contributed by atoms with Crippen LogP contribution in [0.1, 0.15) is 30.1 Å². The average molecular weight is 413 g/mol. The van der Waals surface area contributed by atoms with Crippen LogP contribution in [0.2, 0.25) is 0 Å². The van der Waals surface area contributed by atoms with Crippen LogP contribution in [0.15, 0.2) is 48.5 Å². The van der Waals surface area contributed by atoms with E-state index >= 15 is 0 Å². The number of rotatable bonds is 8. The number of nitro benzene ring substituents is 1. The molecule has 1 aliphatic rings. The fraction of sp³-hybridized carbons (Fsp3) is 0.333. The van der Waals surface area contributed by atoms with Crippen LogP contribution in [0.4, 0.5) is 11.4 Å². The topological polar surface area (TPSA) is 120 Å². The number of non-ortho nitro benzene ring substituents is 1. The number of anilines is 1. The number of amides is 2. The molecule has 1 aliphatic heterocycles. The molecule has 0 spiro atoms. The Balaban J connectivity index is 1.54. The van der Waals surface area contributed by atoms with Gasteiger partial charge in [-0.1, -0.05) is 6.07 Å². The zero-order valence-electron chi connectivity index (χ0n) is 16.5. The largest absolute Gasteiger partial charge is 0.481 e. The van der Waals surface area contributed by atoms with Crippen LogP contribution in [0.3, 0.4) is 0 Å². The van der Waals surface area contributed by atoms with Crippen LogP contribution in [0.25, 0.3) is 0 Å². The van der Waals surface area contributed by atoms with E-state index in [4.69, 9.17) is 9.47 Å². The summed E-state index contributed by atoms with van der Waals surface area (Å²) >= 11 is 0. The lowest BCUT2D eigenvalue weighted by Crippen LogP contribution is -2.32. The summed E-state index contributed by atoms with van der Waals surface area (Å²) in [5.41, 5.74) is 0.827. The van der Waals surface area contributed by atoms with Gasteiger partial charge in [0.15, 0.2) is 6.10 Å². The van der Waals surface area contributed by atoms with Crippen molar-refractivity contribution in [1.29, 1.82) is 0 Å². The normalized spacial score (nSPS) is 16.5. The second kappa shape index (κ2) is 9.84. The Hall–Kier alpha value is -3.46. The van der Waals surface area contributed by atoms with E-state index in [-0.39, 0.29) is 17.7 Å². The van der Waals surface area contributed by atoms with E-state index in [0.717, 1.165) is 19.4 Å². The van der Waals surface area contributed by atoms with E-state index in [2.05, 4.69) is 10.6 Å². The molecule has 3 rings (SSSR count). The molecule has 30 heavy (non-hydrogen) atoms. The smallest absolute Gasteiger partial charge is 0.269 e. The van der Waals surface area contributed by atoms with Gasteiger partial charge in [0, 0.05) is 36.5 Å². The summed E-state index contributed by atoms with van der Waals surface area (Å²) in [6, 6.07) is 12.1. The van der Waals surface area contributed by atoms with Crippen LogP contribution >= 0.6 is 0 Å². The number of nitrogens with zero attached hydrogens (tertiary/aromatic N) is 1. The quantitative estimate of drug-likeness (QED) is 0.507. The third-order valence-electron chi connectivity index (χ3n) is 4.64. The van der Waals surface area contributed by atoms with Crippen LogP contribution in [-0.4, -0.2) is 42.1 Å². The Bertz CT molecular complexity index is 909. The van der Waals surface area contributed by atoms with Gasteiger partial charge in [0.2, 0.25) is 0 Å². The minimum Gasteiger partial charge on any atom is -0.481 e. The summed E-state index contributed by atoms with van der Waals surface area (Å²) in [6.45, 7) is 2.74. The third-order valence-corrected chi connectivity index (χ3v) is 4.64. The van der Waals surface area contributed by atoms with Gasteiger partial charge in [0.25, 0.3) is 17.5 Å². The number of hydrogen-bond donors (Lipinski definition) is 2. The molecule has 1 heterocycles. The SMILES string of the molecule is CC(Oc1ccc([N+](=O)[O-])cc1)C(=O)Nc1cccc(C(=O)NCC2CCCO2)c1. The Morgan fingerprint density at radius 2 is 2.03 bits per heavy atom. The predicted molar refractivity (Wildman–Crippen MR) is 110 cm³/mol. The monoisotopic (exact) mass is 413 g/mol. The highest BCUT2D eigenvalue weighted by molar-refractivity contribution is 5.98. The number of nitro groups is 1. The van der Waals surface area contributed by atoms with Crippen molar-refractivity contribution >= 4 is 23.2 Å². The zero-order valence-corrected chi connectivity index (χ0v) is 16.5. The molecule has 2 unspecified atom stereocenters. The van der Waals surface area contributed by atoms with Gasteiger partial charge >= 0.3 is 0 Å². The molecule has 0 radical (unpaired) electrons. The summed E-state index contributed by atoms with van der Waals surface area (Å²) < 4.78 is 11.0. The number of carbonyl (C=O) groups is 2. The maximum atomic E-state index is 12.4. The van der Waals surface area contributed by atoms with Crippen molar-refractivity contribution < 1.29 is 24.0 Å². The second-order valence-corrected chi connectivity index (χ2v) is 6.93. The Morgan fingerprint density at radius 3 is 2.70 bits per heavy atom. The van der Waals surface area contributed by atoms with Crippen molar-refractivity contribution in [1.82, 2.24) is 5.32 Å². The average Bonchev–Trinajstić information content (AvgIpc) is 3.26. The maximum Gasteiger partial charge on any atom is 0.269 e. The van der Waals surface area contributed by atoms with E-state index < -0.39 is 16.9 Å². The molecule has 2 N–H and O–H groups in total. The van der Waals surface area contributed by atoms with E-state index in [1.165, 1.54) is 24.3 Å². The van der Waals surface area contributed by atoms with E-state index in [9.17, 15) is 19.7 Å². The number of nitrogens with one attached hydrogen (secondary N) is 2. The molecule has 2 amide bonds. The highest BCUT2D eigenvalue weighted by atomic mass is 16.6. The number of ether oxygens (including phenoxy) is 2. The second-order valence-electron chi connectivity index (χ2n) is 6.93. The lowest BCUT2D eigenvalue weighted by molar-refractivity contribution is -0.384. The van der Waals surface area contributed by atoms with Gasteiger partial charge in [0.1, 0.15) is 5.75 Å². The molecule has 1 saturated heterocycles. The Morgan fingerprint density at radius 1 is 1.27 bits per heavy atom. The van der Waals surface area contributed by atoms with Crippen molar-refractivity contribution in [3.8, 4) is 5.75 Å². The minimum atomic E-state index is -0.844. The van der Waals surface area contributed by atoms with Gasteiger partial charge in [-0.2, -0.15) is 0 Å². The first-order valence-electron chi connectivity index (χ1n) is 9.64. The molecule has 9 nitrogen and oxygen atoms in total. The lowest BCUT2D eigenvalue weighted by atomic mass is 10.1. The first-order chi connectivity index (χ1) is 14.4. The van der Waals surface area contributed by atoms with Gasteiger partial charge < -0.3 is 20.1 Å². The van der Waals surface area contributed by atoms with Crippen LogP contribution in [0.5, 0.6) is 5.75 Å². The molecular formula is C21H23N3O6. The van der Waals surface area contributed by atoms with Gasteiger partial charge in [-0.05, 0) is 50.1 Å². The van der Waals surface area contributed by atoms with Gasteiger partial charge in [0.05, 0.1) is 11.0 Å². The first-order valence-corrected chi connectivity index (χ1v) is 9.64. The fourth-order valence-corrected chi connectivity index (χ4v) is 3.00. The summed E-state index contributed by atoms with van der Waals surface area (Å²) in [4.78, 5) is 34.9. The number of hydrogen-bond acceptors (Lipinski definition) is 6. The Kier molecular flexibility index (Phi) is 6.97. The number of benzene rings is 2. The van der Waals surface area contributed by atoms with Crippen molar-refractivity contribution in [3.05, 3.63) is 64.2 Å². The summed E-state index contributed by atoms with van der Waals surface area (Å²) in [6.07, 6.45) is 1.14. The molecular weight excluding hydrogens is 390 g/mol. The van der Waals surface area contributed by atoms with Gasteiger partial charge in [-0.25, -0.2) is 0 Å².